The van der Waals surface area contributed by atoms with Crippen LogP contribution in [0, 0.1) is 0 Å². The number of nitrogens with zero attached hydrogens (tertiary/aromatic N) is 3. The van der Waals surface area contributed by atoms with Crippen molar-refractivity contribution in [2.24, 2.45) is 0 Å². The maximum atomic E-state index is 12.3. The van der Waals surface area contributed by atoms with Gasteiger partial charge in [-0.3, -0.25) is 9.59 Å². The van der Waals surface area contributed by atoms with Crippen LogP contribution in [0.3, 0.4) is 0 Å². The third kappa shape index (κ3) is 5.86. The number of thiazole rings is 1. The summed E-state index contributed by atoms with van der Waals surface area (Å²) in [7, 11) is 0. The summed E-state index contributed by atoms with van der Waals surface area (Å²) in [5, 5.41) is 14.0. The van der Waals surface area contributed by atoms with Crippen LogP contribution in [0.15, 0.2) is 51.7 Å². The number of hydrogen-bond acceptors (Lipinski definition) is 8. The molecule has 0 aliphatic heterocycles. The SMILES string of the molecule is CC(=O)NCc1ccc(-c2csc(NC(=O)CCCc3nc(-c4cccs4)no3)n2)cc1. The van der Waals surface area contributed by atoms with Crippen molar-refractivity contribution in [3.05, 3.63) is 58.6 Å². The van der Waals surface area contributed by atoms with Crippen molar-refractivity contribution in [3.63, 3.8) is 0 Å². The second-order valence-electron chi connectivity index (χ2n) is 7.04. The fourth-order valence-electron chi connectivity index (χ4n) is 2.93. The first-order valence-electron chi connectivity index (χ1n) is 10.0. The minimum Gasteiger partial charge on any atom is -0.352 e. The first-order valence-corrected chi connectivity index (χ1v) is 11.8. The molecule has 2 amide bonds. The van der Waals surface area contributed by atoms with E-state index in [0.717, 1.165) is 21.7 Å². The molecule has 4 aromatic rings. The zero-order valence-electron chi connectivity index (χ0n) is 17.3. The number of anilines is 1. The monoisotopic (exact) mass is 467 g/mol. The molecule has 0 fully saturated rings. The Bertz CT molecular complexity index is 1180. The highest BCUT2D eigenvalue weighted by Gasteiger charge is 2.12. The Morgan fingerprint density at radius 2 is 1.94 bits per heavy atom. The van der Waals surface area contributed by atoms with Gasteiger partial charge < -0.3 is 15.2 Å². The first kappa shape index (κ1) is 21.8. The lowest BCUT2D eigenvalue weighted by atomic mass is 10.1. The number of nitrogens with one attached hydrogen (secondary N) is 2. The van der Waals surface area contributed by atoms with E-state index in [1.807, 2.05) is 47.2 Å². The smallest absolute Gasteiger partial charge is 0.226 e. The van der Waals surface area contributed by atoms with Gasteiger partial charge in [0.25, 0.3) is 0 Å². The van der Waals surface area contributed by atoms with Gasteiger partial charge in [-0.1, -0.05) is 35.5 Å². The van der Waals surface area contributed by atoms with Crippen molar-refractivity contribution < 1.29 is 14.1 Å². The van der Waals surface area contributed by atoms with Crippen LogP contribution < -0.4 is 10.6 Å². The van der Waals surface area contributed by atoms with Crippen molar-refractivity contribution in [3.8, 4) is 22.0 Å². The van der Waals surface area contributed by atoms with Crippen LogP contribution in [0.2, 0.25) is 0 Å². The minimum atomic E-state index is -0.102. The van der Waals surface area contributed by atoms with Gasteiger partial charge >= 0.3 is 0 Å². The Morgan fingerprint density at radius 3 is 2.69 bits per heavy atom. The molecule has 3 heterocycles. The maximum absolute atomic E-state index is 12.3. The van der Waals surface area contributed by atoms with E-state index in [4.69, 9.17) is 4.52 Å². The van der Waals surface area contributed by atoms with Crippen molar-refractivity contribution in [1.29, 1.82) is 0 Å². The molecule has 0 aliphatic rings. The molecule has 164 valence electrons. The average Bonchev–Trinajstić information content (AvgIpc) is 3.54. The highest BCUT2D eigenvalue weighted by molar-refractivity contribution is 7.14. The van der Waals surface area contributed by atoms with Gasteiger partial charge in [0.1, 0.15) is 0 Å². The van der Waals surface area contributed by atoms with Gasteiger partial charge in [-0.25, -0.2) is 4.98 Å². The number of aryl methyl sites for hydroxylation is 1. The Hall–Kier alpha value is -3.37. The Morgan fingerprint density at radius 1 is 1.09 bits per heavy atom. The molecule has 2 N–H and O–H groups in total. The molecule has 0 spiro atoms. The Kier molecular flexibility index (Phi) is 7.03. The van der Waals surface area contributed by atoms with Crippen LogP contribution in [0.4, 0.5) is 5.13 Å². The molecule has 10 heteroatoms. The van der Waals surface area contributed by atoms with Gasteiger partial charge in [0.2, 0.25) is 23.5 Å². The molecule has 1 aromatic carbocycles. The topological polar surface area (TPSA) is 110 Å². The van der Waals surface area contributed by atoms with Crippen LogP contribution in [-0.2, 0) is 22.6 Å². The van der Waals surface area contributed by atoms with Crippen molar-refractivity contribution in [1.82, 2.24) is 20.4 Å². The summed E-state index contributed by atoms with van der Waals surface area (Å²) < 4.78 is 5.26. The lowest BCUT2D eigenvalue weighted by molar-refractivity contribution is -0.119. The number of benzene rings is 1. The largest absolute Gasteiger partial charge is 0.352 e. The summed E-state index contributed by atoms with van der Waals surface area (Å²) in [4.78, 5) is 33.1. The third-order valence-corrected chi connectivity index (χ3v) is 6.17. The number of carbonyl (C=O) groups excluding carboxylic acids is 2. The molecule has 0 bridgehead atoms. The zero-order valence-corrected chi connectivity index (χ0v) is 19.0. The van der Waals surface area contributed by atoms with E-state index in [1.54, 1.807) is 11.3 Å². The van der Waals surface area contributed by atoms with E-state index in [-0.39, 0.29) is 11.8 Å². The molecule has 0 saturated carbocycles. The molecule has 0 saturated heterocycles. The Labute approximate surface area is 192 Å². The van der Waals surface area contributed by atoms with E-state index in [2.05, 4.69) is 25.8 Å². The van der Waals surface area contributed by atoms with E-state index in [1.165, 1.54) is 18.3 Å². The van der Waals surface area contributed by atoms with Crippen molar-refractivity contribution in [2.75, 3.05) is 5.32 Å². The van der Waals surface area contributed by atoms with Crippen LogP contribution in [0.5, 0.6) is 0 Å². The lowest BCUT2D eigenvalue weighted by Crippen LogP contribution is -2.18. The molecular weight excluding hydrogens is 446 g/mol. The Balaban J connectivity index is 1.24. The molecule has 0 unspecified atom stereocenters. The van der Waals surface area contributed by atoms with Crippen molar-refractivity contribution >= 4 is 39.6 Å². The van der Waals surface area contributed by atoms with E-state index in [0.29, 0.717) is 42.7 Å². The van der Waals surface area contributed by atoms with Crippen LogP contribution in [0.1, 0.15) is 31.2 Å². The second-order valence-corrected chi connectivity index (χ2v) is 8.84. The summed E-state index contributed by atoms with van der Waals surface area (Å²) in [6, 6.07) is 11.7. The molecular formula is C22H21N5O3S2. The molecule has 0 atom stereocenters. The molecule has 32 heavy (non-hydrogen) atoms. The maximum Gasteiger partial charge on any atom is 0.226 e. The summed E-state index contributed by atoms with van der Waals surface area (Å²) in [5.41, 5.74) is 2.76. The van der Waals surface area contributed by atoms with Crippen molar-refractivity contribution in [2.45, 2.75) is 32.7 Å². The molecule has 4 rings (SSSR count). The van der Waals surface area contributed by atoms with E-state index in [9.17, 15) is 9.59 Å². The number of hydrogen-bond donors (Lipinski definition) is 2. The van der Waals surface area contributed by atoms with E-state index >= 15 is 0 Å². The van der Waals surface area contributed by atoms with Crippen LogP contribution >= 0.6 is 22.7 Å². The van der Waals surface area contributed by atoms with Gasteiger partial charge in [0, 0.05) is 37.3 Å². The number of thiophene rings is 1. The quantitative estimate of drug-likeness (QED) is 0.375. The highest BCUT2D eigenvalue weighted by atomic mass is 32.1. The number of rotatable bonds is 9. The lowest BCUT2D eigenvalue weighted by Gasteiger charge is -2.03. The predicted molar refractivity (Wildman–Crippen MR) is 124 cm³/mol. The summed E-state index contributed by atoms with van der Waals surface area (Å²) in [6.45, 7) is 1.99. The van der Waals surface area contributed by atoms with Gasteiger partial charge in [0.05, 0.1) is 10.6 Å². The zero-order chi connectivity index (χ0) is 22.3. The summed E-state index contributed by atoms with van der Waals surface area (Å²) in [5.74, 6) is 0.946. The number of carbonyl (C=O) groups is 2. The standard InChI is InChI=1S/C22H21N5O3S2/c1-14(28)23-12-15-7-9-16(10-8-15)17-13-32-22(24-17)25-19(29)5-2-6-20-26-21(27-30-20)18-4-3-11-31-18/h3-4,7-11,13H,2,5-6,12H2,1H3,(H,23,28)(H,24,25,29). The van der Waals surface area contributed by atoms with Gasteiger partial charge in [-0.15, -0.1) is 22.7 Å². The normalized spacial score (nSPS) is 10.8. The summed E-state index contributed by atoms with van der Waals surface area (Å²) >= 11 is 2.94. The number of amides is 2. The minimum absolute atomic E-state index is 0.0609. The van der Waals surface area contributed by atoms with Crippen LogP contribution in [0.25, 0.3) is 22.0 Å². The van der Waals surface area contributed by atoms with Gasteiger partial charge in [0.15, 0.2) is 5.13 Å². The molecule has 3 aromatic heterocycles. The molecule has 0 aliphatic carbocycles. The molecule has 8 nitrogen and oxygen atoms in total. The fourth-order valence-corrected chi connectivity index (χ4v) is 4.31. The third-order valence-electron chi connectivity index (χ3n) is 4.55. The van der Waals surface area contributed by atoms with Gasteiger partial charge in [-0.05, 0) is 23.4 Å². The fraction of sp³-hybridized carbons (Fsp3) is 0.227. The predicted octanol–water partition coefficient (Wildman–Crippen LogP) is 4.52. The second kappa shape index (κ2) is 10.3. The van der Waals surface area contributed by atoms with Crippen LogP contribution in [-0.4, -0.2) is 26.9 Å². The highest BCUT2D eigenvalue weighted by Crippen LogP contribution is 2.25. The van der Waals surface area contributed by atoms with E-state index < -0.39 is 0 Å². The number of aromatic nitrogens is 3. The molecule has 0 radical (unpaired) electrons. The average molecular weight is 468 g/mol. The first-order chi connectivity index (χ1) is 15.6. The van der Waals surface area contributed by atoms with Gasteiger partial charge in [-0.2, -0.15) is 4.98 Å². The summed E-state index contributed by atoms with van der Waals surface area (Å²) in [6.07, 6.45) is 1.48.